The number of halogens is 1. The zero-order valence-corrected chi connectivity index (χ0v) is 16.1. The van der Waals surface area contributed by atoms with Gasteiger partial charge in [0.25, 0.3) is 0 Å². The van der Waals surface area contributed by atoms with E-state index >= 15 is 0 Å². The molecule has 4 aromatic rings. The number of aromatic nitrogens is 6. The van der Waals surface area contributed by atoms with Crippen LogP contribution >= 0.6 is 0 Å². The molecule has 0 spiro atoms. The zero-order valence-electron chi connectivity index (χ0n) is 16.1. The highest BCUT2D eigenvalue weighted by molar-refractivity contribution is 5.67. The van der Waals surface area contributed by atoms with Crippen LogP contribution in [0.25, 0.3) is 22.6 Å². The highest BCUT2D eigenvalue weighted by Crippen LogP contribution is 2.33. The summed E-state index contributed by atoms with van der Waals surface area (Å²) >= 11 is 0. The molecule has 1 aromatic carbocycles. The first kappa shape index (κ1) is 17.7. The minimum absolute atomic E-state index is 0.161. The zero-order chi connectivity index (χ0) is 19.8. The summed E-state index contributed by atoms with van der Waals surface area (Å²) < 4.78 is 15.9. The summed E-state index contributed by atoms with van der Waals surface area (Å²) in [6, 6.07) is 9.08. The molecule has 0 bridgehead atoms. The number of pyridine rings is 1. The van der Waals surface area contributed by atoms with Crippen LogP contribution in [0.15, 0.2) is 49.1 Å². The Morgan fingerprint density at radius 1 is 1.14 bits per heavy atom. The van der Waals surface area contributed by atoms with Gasteiger partial charge in [0.1, 0.15) is 17.2 Å². The van der Waals surface area contributed by atoms with Gasteiger partial charge in [-0.05, 0) is 61.6 Å². The molecule has 3 heterocycles. The van der Waals surface area contributed by atoms with E-state index in [1.165, 1.54) is 5.56 Å². The van der Waals surface area contributed by atoms with Gasteiger partial charge in [-0.2, -0.15) is 15.4 Å². The Kier molecular flexibility index (Phi) is 4.42. The van der Waals surface area contributed by atoms with Crippen molar-refractivity contribution < 1.29 is 4.39 Å². The molecule has 1 unspecified atom stereocenters. The van der Waals surface area contributed by atoms with Crippen LogP contribution in [-0.4, -0.2) is 29.9 Å². The van der Waals surface area contributed by atoms with Crippen LogP contribution < -0.4 is 0 Å². The summed E-state index contributed by atoms with van der Waals surface area (Å²) in [4.78, 5) is 9.03. The molecule has 0 amide bonds. The average Bonchev–Trinajstić information content (AvgIpc) is 3.38. The van der Waals surface area contributed by atoms with E-state index in [4.69, 9.17) is 0 Å². The van der Waals surface area contributed by atoms with Gasteiger partial charge in [0.2, 0.25) is 0 Å². The maximum absolute atomic E-state index is 13.8. The van der Waals surface area contributed by atoms with E-state index < -0.39 is 0 Å². The minimum atomic E-state index is -0.161. The Morgan fingerprint density at radius 3 is 2.93 bits per heavy atom. The predicted octanol–water partition coefficient (Wildman–Crippen LogP) is 4.30. The van der Waals surface area contributed by atoms with E-state index in [9.17, 15) is 4.39 Å². The summed E-state index contributed by atoms with van der Waals surface area (Å²) in [6.45, 7) is 2.70. The molecule has 7 heteroatoms. The standard InChI is InChI=1S/C22H21FN6/c1-14-22(27-28-26-14)16-7-8-24-20(9-16)21-12-29(13-25-21)11-17-4-2-3-15-5-6-18(23)10-19(15)17/h5-10,12-13,17H,2-4,11H2,1H3,(H,26,27,28). The number of H-pyrrole nitrogens is 1. The second-order valence-corrected chi connectivity index (χ2v) is 7.58. The van der Waals surface area contributed by atoms with Crippen molar-refractivity contribution in [2.45, 2.75) is 38.6 Å². The van der Waals surface area contributed by atoms with Gasteiger partial charge in [0, 0.05) is 30.4 Å². The fourth-order valence-electron chi connectivity index (χ4n) is 4.18. The van der Waals surface area contributed by atoms with Crippen LogP contribution in [0.1, 0.15) is 35.6 Å². The SMILES string of the molecule is Cc1n[nH]nc1-c1ccnc(-c2cn(CC3CCCc4ccc(F)cc43)cn2)c1. The molecular formula is C22H21FN6. The monoisotopic (exact) mass is 388 g/mol. The molecule has 6 nitrogen and oxygen atoms in total. The molecule has 0 aliphatic heterocycles. The van der Waals surface area contributed by atoms with Crippen molar-refractivity contribution in [1.29, 1.82) is 0 Å². The molecule has 0 fully saturated rings. The first-order valence-electron chi connectivity index (χ1n) is 9.81. The smallest absolute Gasteiger partial charge is 0.123 e. The van der Waals surface area contributed by atoms with E-state index in [2.05, 4.69) is 29.9 Å². The van der Waals surface area contributed by atoms with Crippen LogP contribution in [0.4, 0.5) is 4.39 Å². The lowest BCUT2D eigenvalue weighted by Crippen LogP contribution is -2.15. The number of hydrogen-bond donors (Lipinski definition) is 1. The number of benzene rings is 1. The summed E-state index contributed by atoms with van der Waals surface area (Å²) in [5.41, 5.74) is 6.60. The third-order valence-electron chi connectivity index (χ3n) is 5.63. The molecule has 5 rings (SSSR count). The maximum Gasteiger partial charge on any atom is 0.123 e. The molecule has 0 saturated heterocycles. The number of hydrogen-bond acceptors (Lipinski definition) is 4. The number of nitrogens with one attached hydrogen (secondary N) is 1. The number of aromatic amines is 1. The van der Waals surface area contributed by atoms with Crippen LogP contribution in [0, 0.1) is 12.7 Å². The third-order valence-corrected chi connectivity index (χ3v) is 5.63. The number of imidazole rings is 1. The van der Waals surface area contributed by atoms with Crippen molar-refractivity contribution in [2.75, 3.05) is 0 Å². The Bertz CT molecular complexity index is 1160. The molecule has 1 atom stereocenters. The van der Waals surface area contributed by atoms with Gasteiger partial charge in [-0.3, -0.25) is 4.98 Å². The number of fused-ring (bicyclic) bond motifs is 1. The van der Waals surface area contributed by atoms with Crippen molar-refractivity contribution in [2.24, 2.45) is 0 Å². The fourth-order valence-corrected chi connectivity index (χ4v) is 4.18. The summed E-state index contributed by atoms with van der Waals surface area (Å²) in [6.07, 6.45) is 8.82. The molecule has 29 heavy (non-hydrogen) atoms. The van der Waals surface area contributed by atoms with Gasteiger partial charge in [-0.25, -0.2) is 9.37 Å². The molecule has 0 radical (unpaired) electrons. The number of nitrogens with zero attached hydrogens (tertiary/aromatic N) is 5. The Hall–Kier alpha value is -3.35. The van der Waals surface area contributed by atoms with Gasteiger partial charge in [0.15, 0.2) is 0 Å². The quantitative estimate of drug-likeness (QED) is 0.566. The molecule has 0 saturated carbocycles. The minimum Gasteiger partial charge on any atom is -0.336 e. The summed E-state index contributed by atoms with van der Waals surface area (Å²) in [5.74, 6) is 0.139. The van der Waals surface area contributed by atoms with Crippen molar-refractivity contribution in [3.63, 3.8) is 0 Å². The van der Waals surface area contributed by atoms with Gasteiger partial charge < -0.3 is 4.57 Å². The third kappa shape index (κ3) is 3.44. The van der Waals surface area contributed by atoms with E-state index in [1.807, 2.05) is 37.6 Å². The lowest BCUT2D eigenvalue weighted by atomic mass is 9.82. The second kappa shape index (κ2) is 7.24. The number of rotatable bonds is 4. The maximum atomic E-state index is 13.8. The Labute approximate surface area is 167 Å². The molecule has 1 aliphatic rings. The van der Waals surface area contributed by atoms with Crippen molar-refractivity contribution in [3.8, 4) is 22.6 Å². The predicted molar refractivity (Wildman–Crippen MR) is 108 cm³/mol. The van der Waals surface area contributed by atoms with Crippen LogP contribution in [-0.2, 0) is 13.0 Å². The van der Waals surface area contributed by atoms with Gasteiger partial charge in [-0.1, -0.05) is 6.07 Å². The molecule has 1 N–H and O–H groups in total. The van der Waals surface area contributed by atoms with Gasteiger partial charge in [-0.15, -0.1) is 0 Å². The van der Waals surface area contributed by atoms with E-state index in [-0.39, 0.29) is 5.82 Å². The van der Waals surface area contributed by atoms with Crippen molar-refractivity contribution >= 4 is 0 Å². The summed E-state index contributed by atoms with van der Waals surface area (Å²) in [7, 11) is 0. The fraction of sp³-hybridized carbons (Fsp3) is 0.273. The average molecular weight is 388 g/mol. The van der Waals surface area contributed by atoms with E-state index in [0.717, 1.165) is 59.7 Å². The van der Waals surface area contributed by atoms with Gasteiger partial charge in [0.05, 0.1) is 17.7 Å². The van der Waals surface area contributed by atoms with E-state index in [1.54, 1.807) is 18.3 Å². The van der Waals surface area contributed by atoms with Crippen LogP contribution in [0.2, 0.25) is 0 Å². The lowest BCUT2D eigenvalue weighted by Gasteiger charge is -2.25. The molecular weight excluding hydrogens is 367 g/mol. The van der Waals surface area contributed by atoms with Crippen LogP contribution in [0.5, 0.6) is 0 Å². The largest absolute Gasteiger partial charge is 0.336 e. The highest BCUT2D eigenvalue weighted by Gasteiger charge is 2.21. The first-order chi connectivity index (χ1) is 14.2. The Balaban J connectivity index is 1.40. The van der Waals surface area contributed by atoms with Gasteiger partial charge >= 0.3 is 0 Å². The number of aryl methyl sites for hydroxylation is 2. The Morgan fingerprint density at radius 2 is 2.07 bits per heavy atom. The first-order valence-corrected chi connectivity index (χ1v) is 9.81. The lowest BCUT2D eigenvalue weighted by molar-refractivity contribution is 0.479. The van der Waals surface area contributed by atoms with E-state index in [0.29, 0.717) is 5.92 Å². The molecule has 3 aromatic heterocycles. The second-order valence-electron chi connectivity index (χ2n) is 7.58. The van der Waals surface area contributed by atoms with Crippen LogP contribution in [0.3, 0.4) is 0 Å². The molecule has 146 valence electrons. The topological polar surface area (TPSA) is 72.3 Å². The normalized spacial score (nSPS) is 16.0. The van der Waals surface area contributed by atoms with Crippen molar-refractivity contribution in [3.05, 3.63) is 71.7 Å². The van der Waals surface area contributed by atoms with Crippen molar-refractivity contribution in [1.82, 2.24) is 29.9 Å². The molecule has 1 aliphatic carbocycles. The summed E-state index contributed by atoms with van der Waals surface area (Å²) in [5, 5.41) is 10.9. The highest BCUT2D eigenvalue weighted by atomic mass is 19.1.